The number of alkyl halides is 1. The number of hydrogen-bond acceptors (Lipinski definition) is 4. The van der Waals surface area contributed by atoms with Crippen molar-refractivity contribution in [3.05, 3.63) is 29.4 Å². The summed E-state index contributed by atoms with van der Waals surface area (Å²) in [6.07, 6.45) is 0. The Bertz CT molecular complexity index is 662. The average Bonchev–Trinajstić information content (AvgIpc) is 2.30. The molecule has 8 heteroatoms. The molecule has 0 bridgehead atoms. The molecule has 0 aliphatic rings. The van der Waals surface area contributed by atoms with Crippen LogP contribution in [0.1, 0.15) is 0 Å². The molecule has 0 atom stereocenters. The molecular weight excluding hydrogens is 330 g/mol. The van der Waals surface area contributed by atoms with Crippen molar-refractivity contribution in [3.63, 3.8) is 0 Å². The van der Waals surface area contributed by atoms with Gasteiger partial charge in [-0.15, -0.1) is 0 Å². The number of aromatic nitrogens is 2. The third-order valence-electron chi connectivity index (χ3n) is 1.92. The van der Waals surface area contributed by atoms with Gasteiger partial charge in [0, 0.05) is 0 Å². The minimum Gasteiger partial charge on any atom is -0.264 e. The number of rotatable bonds is 3. The van der Waals surface area contributed by atoms with Crippen molar-refractivity contribution in [2.45, 2.75) is 0 Å². The Hall–Kier alpha value is -0.920. The van der Waals surface area contributed by atoms with Crippen molar-refractivity contribution in [2.24, 2.45) is 0 Å². The maximum absolute atomic E-state index is 11.4. The number of nitrogens with zero attached hydrogens (tertiary/aromatic N) is 2. The molecule has 0 spiro atoms. The van der Waals surface area contributed by atoms with Gasteiger partial charge in [-0.05, 0) is 12.1 Å². The summed E-state index contributed by atoms with van der Waals surface area (Å²) in [5, 5.41) is 0.0215. The molecule has 0 aliphatic carbocycles. The Morgan fingerprint density at radius 3 is 2.41 bits per heavy atom. The van der Waals surface area contributed by atoms with E-state index < -0.39 is 10.0 Å². The van der Waals surface area contributed by atoms with Crippen LogP contribution in [0.2, 0.25) is 5.15 Å². The molecule has 0 radical (unpaired) electrons. The van der Waals surface area contributed by atoms with Crippen LogP contribution >= 0.6 is 27.5 Å². The van der Waals surface area contributed by atoms with E-state index in [1.54, 1.807) is 24.3 Å². The van der Waals surface area contributed by atoms with Gasteiger partial charge in [-0.2, -0.15) is 0 Å². The molecule has 0 saturated carbocycles. The van der Waals surface area contributed by atoms with E-state index in [1.807, 2.05) is 0 Å². The molecule has 0 fully saturated rings. The van der Waals surface area contributed by atoms with Gasteiger partial charge in [0.15, 0.2) is 11.0 Å². The van der Waals surface area contributed by atoms with Crippen molar-refractivity contribution in [2.75, 3.05) is 9.38 Å². The van der Waals surface area contributed by atoms with E-state index in [4.69, 9.17) is 11.6 Å². The summed E-state index contributed by atoms with van der Waals surface area (Å²) in [6, 6.07) is 7.06. The van der Waals surface area contributed by atoms with Crippen LogP contribution in [0.4, 0.5) is 5.82 Å². The lowest BCUT2D eigenvalue weighted by Gasteiger charge is -2.06. The highest BCUT2D eigenvalue weighted by molar-refractivity contribution is 9.10. The summed E-state index contributed by atoms with van der Waals surface area (Å²) in [4.78, 5) is 8.16. The Morgan fingerprint density at radius 2 is 1.82 bits per heavy atom. The normalized spacial score (nSPS) is 11.6. The lowest BCUT2D eigenvalue weighted by Crippen LogP contribution is -2.15. The van der Waals surface area contributed by atoms with Gasteiger partial charge in [0.2, 0.25) is 10.0 Å². The number of para-hydroxylation sites is 2. The van der Waals surface area contributed by atoms with Crippen molar-refractivity contribution < 1.29 is 8.42 Å². The Morgan fingerprint density at radius 1 is 1.24 bits per heavy atom. The minimum atomic E-state index is -3.48. The smallest absolute Gasteiger partial charge is 0.244 e. The van der Waals surface area contributed by atoms with Crippen molar-refractivity contribution >= 4 is 54.4 Å². The second-order valence-corrected chi connectivity index (χ2v) is 6.56. The molecule has 5 nitrogen and oxygen atoms in total. The van der Waals surface area contributed by atoms with Crippen LogP contribution in [0.3, 0.4) is 0 Å². The van der Waals surface area contributed by atoms with Gasteiger partial charge < -0.3 is 0 Å². The van der Waals surface area contributed by atoms with Crippen LogP contribution in [0.5, 0.6) is 0 Å². The molecule has 17 heavy (non-hydrogen) atoms. The van der Waals surface area contributed by atoms with E-state index in [2.05, 4.69) is 30.6 Å². The first kappa shape index (κ1) is 12.5. The molecule has 2 rings (SSSR count). The van der Waals surface area contributed by atoms with Crippen LogP contribution in [0, 0.1) is 0 Å². The molecule has 0 amide bonds. The number of fused-ring (bicyclic) bond motifs is 1. The first-order chi connectivity index (χ1) is 8.02. The third-order valence-corrected chi connectivity index (χ3v) is 4.79. The Labute approximate surface area is 111 Å². The largest absolute Gasteiger partial charge is 0.264 e. The standard InChI is InChI=1S/C9H7BrClN3O2S/c10-5-17(15,16)14-9-8(11)12-6-3-1-2-4-7(6)13-9/h1-4H,5H2,(H,13,14). The van der Waals surface area contributed by atoms with Gasteiger partial charge in [-0.25, -0.2) is 18.4 Å². The first-order valence-corrected chi connectivity index (χ1v) is 7.66. The number of halogens is 2. The molecule has 1 aromatic carbocycles. The van der Waals surface area contributed by atoms with Gasteiger partial charge in [0.1, 0.15) is 4.66 Å². The lowest BCUT2D eigenvalue weighted by atomic mass is 10.3. The molecule has 0 saturated heterocycles. The summed E-state index contributed by atoms with van der Waals surface area (Å²) in [5.74, 6) is 0.0322. The predicted octanol–water partition coefficient (Wildman–Crippen LogP) is 2.38. The summed E-state index contributed by atoms with van der Waals surface area (Å²) in [5.41, 5.74) is 1.18. The van der Waals surface area contributed by atoms with Crippen molar-refractivity contribution in [3.8, 4) is 0 Å². The molecular formula is C9H7BrClN3O2S. The zero-order valence-electron chi connectivity index (χ0n) is 8.39. The van der Waals surface area contributed by atoms with Crippen molar-refractivity contribution in [1.29, 1.82) is 0 Å². The molecule has 2 aromatic rings. The van der Waals surface area contributed by atoms with Crippen LogP contribution in [0.15, 0.2) is 24.3 Å². The zero-order valence-corrected chi connectivity index (χ0v) is 11.6. The van der Waals surface area contributed by atoms with E-state index in [0.29, 0.717) is 11.0 Å². The highest BCUT2D eigenvalue weighted by Crippen LogP contribution is 2.22. The van der Waals surface area contributed by atoms with E-state index in [-0.39, 0.29) is 15.6 Å². The van der Waals surface area contributed by atoms with Crippen LogP contribution < -0.4 is 4.72 Å². The van der Waals surface area contributed by atoms with E-state index >= 15 is 0 Å². The highest BCUT2D eigenvalue weighted by Gasteiger charge is 2.13. The van der Waals surface area contributed by atoms with Gasteiger partial charge in [-0.1, -0.05) is 39.7 Å². The average molecular weight is 337 g/mol. The number of benzene rings is 1. The molecule has 90 valence electrons. The molecule has 0 unspecified atom stereocenters. The second kappa shape index (κ2) is 4.75. The molecule has 1 aromatic heterocycles. The van der Waals surface area contributed by atoms with Gasteiger partial charge in [0.05, 0.1) is 11.0 Å². The van der Waals surface area contributed by atoms with Gasteiger partial charge in [0.25, 0.3) is 0 Å². The number of anilines is 1. The number of nitrogens with one attached hydrogen (secondary N) is 1. The summed E-state index contributed by atoms with van der Waals surface area (Å²) < 4.78 is 24.8. The van der Waals surface area contributed by atoms with E-state index in [9.17, 15) is 8.42 Å². The fraction of sp³-hybridized carbons (Fsp3) is 0.111. The topological polar surface area (TPSA) is 72.0 Å². The maximum Gasteiger partial charge on any atom is 0.244 e. The Kier molecular flexibility index (Phi) is 3.50. The quantitative estimate of drug-likeness (QED) is 0.874. The van der Waals surface area contributed by atoms with Crippen LogP contribution in [-0.2, 0) is 10.0 Å². The minimum absolute atomic E-state index is 0.0215. The maximum atomic E-state index is 11.4. The summed E-state index contributed by atoms with van der Waals surface area (Å²) in [7, 11) is -3.48. The molecule has 1 heterocycles. The predicted molar refractivity (Wildman–Crippen MR) is 70.9 cm³/mol. The van der Waals surface area contributed by atoms with Crippen LogP contribution in [-0.4, -0.2) is 23.0 Å². The fourth-order valence-corrected chi connectivity index (χ4v) is 2.29. The van der Waals surface area contributed by atoms with Crippen molar-refractivity contribution in [1.82, 2.24) is 9.97 Å². The summed E-state index contributed by atoms with van der Waals surface area (Å²) in [6.45, 7) is 0. The Balaban J connectivity index is 2.52. The second-order valence-electron chi connectivity index (χ2n) is 3.18. The third kappa shape index (κ3) is 2.85. The van der Waals surface area contributed by atoms with Gasteiger partial charge in [-0.3, -0.25) is 4.72 Å². The monoisotopic (exact) mass is 335 g/mol. The molecule has 0 aliphatic heterocycles. The lowest BCUT2D eigenvalue weighted by molar-refractivity contribution is 0.606. The van der Waals surface area contributed by atoms with E-state index in [0.717, 1.165) is 0 Å². The van der Waals surface area contributed by atoms with E-state index in [1.165, 1.54) is 0 Å². The first-order valence-electron chi connectivity index (χ1n) is 4.50. The number of sulfonamides is 1. The highest BCUT2D eigenvalue weighted by atomic mass is 79.9. The SMILES string of the molecule is O=S(=O)(CBr)Nc1nc2ccccc2nc1Cl. The summed E-state index contributed by atoms with van der Waals surface area (Å²) >= 11 is 8.71. The zero-order chi connectivity index (χ0) is 12.5. The fourth-order valence-electron chi connectivity index (χ4n) is 1.22. The number of hydrogen-bond donors (Lipinski definition) is 1. The van der Waals surface area contributed by atoms with Gasteiger partial charge >= 0.3 is 0 Å². The molecule has 1 N–H and O–H groups in total. The van der Waals surface area contributed by atoms with Crippen LogP contribution in [0.25, 0.3) is 11.0 Å².